The molecule has 0 saturated heterocycles. The molecule has 0 saturated carbocycles. The SMILES string of the molecule is COC(=O)c1cc(COC=O)cc(N=Nc2c(CS(=O)(=O)O)cc3c(S(=O)(=O)OC)ccc(N=Nc4c(CS(=O)(=O)O)cc5c(CS(=O)(=O)O)cc(N=Nc6cc(C(=O)OC)cc(C(=O)OC)c6)c(N)c5c4O)c3c2O)c1. The number of fused-ring (bicyclic) bond motifs is 2. The summed E-state index contributed by atoms with van der Waals surface area (Å²) < 4.78 is 155. The highest BCUT2D eigenvalue weighted by Crippen LogP contribution is 2.50. The van der Waals surface area contributed by atoms with Gasteiger partial charge in [-0.3, -0.25) is 22.6 Å². The molecule has 7 N–H and O–H groups in total. The van der Waals surface area contributed by atoms with Gasteiger partial charge in [0.2, 0.25) is 0 Å². The Balaban J connectivity index is 1.66. The summed E-state index contributed by atoms with van der Waals surface area (Å²) in [6, 6.07) is 11.5. The molecule has 0 fully saturated rings. The lowest BCUT2D eigenvalue weighted by Gasteiger charge is -2.16. The Bertz CT molecular complexity index is 3980. The highest BCUT2D eigenvalue weighted by atomic mass is 32.2. The number of aromatic hydroxyl groups is 2. The van der Waals surface area contributed by atoms with E-state index in [1.165, 1.54) is 12.1 Å². The standard InChI is InChI=1S/C44H39N7O22S4/c1-69-42(55)22-7-21(16-73-20-52)8-28(10-22)47-50-38-27(19-76(64,65)66)14-31-34(77(67,68)72-4)6-5-32(35(31)40(38)53)48-51-39-26(18-75(61,62)63)13-30-25(17-74(58,59)60)15-33(37(45)36(30)41(39)54)49-46-29-11-23(43(56)70-2)9-24(12-29)44(57)71-3/h5-15,20,53-54H,16-19,45H2,1-4H3,(H,58,59,60)(H,61,62,63)(H,64,65,66). The van der Waals surface area contributed by atoms with Crippen LogP contribution < -0.4 is 5.73 Å². The van der Waals surface area contributed by atoms with Gasteiger partial charge in [0.25, 0.3) is 46.9 Å². The Morgan fingerprint density at radius 3 is 1.51 bits per heavy atom. The summed E-state index contributed by atoms with van der Waals surface area (Å²) in [5.41, 5.74) is 0.821. The highest BCUT2D eigenvalue weighted by Gasteiger charge is 2.28. The van der Waals surface area contributed by atoms with Crippen molar-refractivity contribution in [2.75, 3.05) is 34.2 Å². The first-order valence-corrected chi connectivity index (χ1v) is 27.2. The number of azo groups is 3. The quantitative estimate of drug-likeness (QED) is 0.00873. The maximum Gasteiger partial charge on any atom is 0.337 e. The molecule has 0 aliphatic carbocycles. The lowest BCUT2D eigenvalue weighted by atomic mass is 9.98. The van der Waals surface area contributed by atoms with Crippen molar-refractivity contribution in [3.8, 4) is 11.5 Å². The number of carbonyl (C=O) groups excluding carboxylic acids is 4. The molecule has 77 heavy (non-hydrogen) atoms. The van der Waals surface area contributed by atoms with Gasteiger partial charge in [-0.25, -0.2) is 14.4 Å². The molecule has 0 unspecified atom stereocenters. The first-order chi connectivity index (χ1) is 36.0. The Hall–Kier alpha value is -8.44. The minimum absolute atomic E-state index is 0.108. The Labute approximate surface area is 435 Å². The summed E-state index contributed by atoms with van der Waals surface area (Å²) >= 11 is 0. The number of nitrogens with two attached hydrogens (primary N) is 1. The maximum absolute atomic E-state index is 13.3. The summed E-state index contributed by atoms with van der Waals surface area (Å²) in [6.07, 6.45) is 0. The van der Waals surface area contributed by atoms with Crippen LogP contribution in [0, 0.1) is 0 Å². The molecule has 406 valence electrons. The zero-order chi connectivity index (χ0) is 56.9. The number of esters is 3. The van der Waals surface area contributed by atoms with E-state index in [4.69, 9.17) is 24.7 Å². The number of hydrogen-bond donors (Lipinski definition) is 6. The number of phenolic OH excluding ortho intramolecular Hbond substituents is 2. The van der Waals surface area contributed by atoms with Gasteiger partial charge in [-0.05, 0) is 83.2 Å². The van der Waals surface area contributed by atoms with E-state index in [9.17, 15) is 76.7 Å². The van der Waals surface area contributed by atoms with Crippen molar-refractivity contribution in [2.24, 2.45) is 30.7 Å². The van der Waals surface area contributed by atoms with E-state index >= 15 is 0 Å². The third kappa shape index (κ3) is 13.7. The van der Waals surface area contributed by atoms with E-state index in [0.717, 1.165) is 83.0 Å². The smallest absolute Gasteiger partial charge is 0.337 e. The average molecular weight is 1150 g/mol. The van der Waals surface area contributed by atoms with Crippen LogP contribution in [0.4, 0.5) is 39.8 Å². The number of hydrogen-bond acceptors (Lipinski definition) is 26. The number of carbonyl (C=O) groups is 4. The maximum atomic E-state index is 13.3. The normalized spacial score (nSPS) is 12.5. The van der Waals surface area contributed by atoms with Gasteiger partial charge in [-0.2, -0.15) is 43.9 Å². The summed E-state index contributed by atoms with van der Waals surface area (Å²) in [4.78, 5) is 47.5. The van der Waals surface area contributed by atoms with Crippen LogP contribution in [0.25, 0.3) is 21.5 Å². The monoisotopic (exact) mass is 1150 g/mol. The van der Waals surface area contributed by atoms with E-state index in [1.807, 2.05) is 0 Å². The highest BCUT2D eigenvalue weighted by molar-refractivity contribution is 7.87. The first kappa shape index (κ1) is 57.8. The van der Waals surface area contributed by atoms with Crippen molar-refractivity contribution in [3.05, 3.63) is 106 Å². The Morgan fingerprint density at radius 2 is 1.00 bits per heavy atom. The van der Waals surface area contributed by atoms with Crippen molar-refractivity contribution < 1.29 is 99.9 Å². The molecule has 0 aliphatic heterocycles. The number of ether oxygens (including phenoxy) is 4. The number of methoxy groups -OCH3 is 3. The van der Waals surface area contributed by atoms with Crippen molar-refractivity contribution >= 4 is 126 Å². The largest absolute Gasteiger partial charge is 0.505 e. The molecule has 6 aromatic rings. The lowest BCUT2D eigenvalue weighted by molar-refractivity contribution is -0.129. The van der Waals surface area contributed by atoms with Gasteiger partial charge >= 0.3 is 17.9 Å². The zero-order valence-corrected chi connectivity index (χ0v) is 43.1. The van der Waals surface area contributed by atoms with Crippen molar-refractivity contribution in [1.82, 2.24) is 0 Å². The molecule has 6 aromatic carbocycles. The van der Waals surface area contributed by atoms with Crippen LogP contribution in [-0.2, 0) is 92.3 Å². The van der Waals surface area contributed by atoms with Gasteiger partial charge in [0.1, 0.15) is 45.8 Å². The fourth-order valence-electron chi connectivity index (χ4n) is 7.45. The summed E-state index contributed by atoms with van der Waals surface area (Å²) in [5.74, 6) is -8.95. The average Bonchev–Trinajstić information content (AvgIpc) is 3.36. The fraction of sp³-hybridized carbons (Fsp3) is 0.182. The van der Waals surface area contributed by atoms with Crippen LogP contribution in [0.3, 0.4) is 0 Å². The van der Waals surface area contributed by atoms with Gasteiger partial charge in [0.15, 0.2) is 11.5 Å². The minimum atomic E-state index is -5.11. The number of nitrogens with zero attached hydrogens (tertiary/aromatic N) is 6. The van der Waals surface area contributed by atoms with Crippen molar-refractivity contribution in [1.29, 1.82) is 0 Å². The molecule has 29 nitrogen and oxygen atoms in total. The molecule has 0 atom stereocenters. The molecular formula is C44H39N7O22S4. The molecule has 6 rings (SSSR count). The van der Waals surface area contributed by atoms with Crippen molar-refractivity contribution in [2.45, 2.75) is 28.8 Å². The van der Waals surface area contributed by atoms with E-state index < -0.39 is 160 Å². The molecule has 0 spiro atoms. The van der Waals surface area contributed by atoms with Gasteiger partial charge in [-0.1, -0.05) is 0 Å². The predicted molar refractivity (Wildman–Crippen MR) is 266 cm³/mol. The van der Waals surface area contributed by atoms with E-state index in [0.29, 0.717) is 0 Å². The third-order valence-corrected chi connectivity index (χ3v) is 14.0. The second-order valence-electron chi connectivity index (χ2n) is 15.8. The molecule has 0 amide bonds. The second kappa shape index (κ2) is 22.8. The van der Waals surface area contributed by atoms with Crippen LogP contribution in [-0.4, -0.2) is 110 Å². The van der Waals surface area contributed by atoms with E-state index in [1.54, 1.807) is 0 Å². The number of rotatable bonds is 20. The number of anilines is 1. The molecule has 0 heterocycles. The molecule has 0 aromatic heterocycles. The van der Waals surface area contributed by atoms with E-state index in [-0.39, 0.29) is 45.5 Å². The number of benzene rings is 6. The number of phenols is 2. The van der Waals surface area contributed by atoms with Gasteiger partial charge < -0.3 is 34.9 Å². The minimum Gasteiger partial charge on any atom is -0.505 e. The predicted octanol–water partition coefficient (Wildman–Crippen LogP) is 6.76. The summed E-state index contributed by atoms with van der Waals surface area (Å²) in [5, 5.41) is 45.9. The fourth-order valence-corrected chi connectivity index (χ4v) is 10.2. The molecule has 0 bridgehead atoms. The van der Waals surface area contributed by atoms with E-state index in [2.05, 4.69) is 34.9 Å². The first-order valence-electron chi connectivity index (χ1n) is 20.9. The van der Waals surface area contributed by atoms with Gasteiger partial charge in [0, 0.05) is 16.5 Å². The van der Waals surface area contributed by atoms with Gasteiger partial charge in [0.05, 0.1) is 78.7 Å². The summed E-state index contributed by atoms with van der Waals surface area (Å²) in [7, 11) is -16.0. The van der Waals surface area contributed by atoms with Crippen LogP contribution in [0.2, 0.25) is 0 Å². The van der Waals surface area contributed by atoms with Crippen LogP contribution in [0.5, 0.6) is 11.5 Å². The molecule has 33 heteroatoms. The molecule has 0 aliphatic rings. The van der Waals surface area contributed by atoms with Crippen molar-refractivity contribution in [3.63, 3.8) is 0 Å². The molecule has 0 radical (unpaired) electrons. The van der Waals surface area contributed by atoms with Gasteiger partial charge in [-0.15, -0.1) is 20.5 Å². The van der Waals surface area contributed by atoms with Crippen LogP contribution in [0.1, 0.15) is 53.3 Å². The summed E-state index contributed by atoms with van der Waals surface area (Å²) in [6.45, 7) is -0.285. The molecular weight excluding hydrogens is 1110 g/mol. The Morgan fingerprint density at radius 1 is 0.545 bits per heavy atom. The topological polar surface area (TPSA) is 452 Å². The van der Waals surface area contributed by atoms with Crippen LogP contribution in [0.15, 0.2) is 102 Å². The lowest BCUT2D eigenvalue weighted by Crippen LogP contribution is -2.06. The third-order valence-electron chi connectivity index (χ3n) is 10.6. The van der Waals surface area contributed by atoms with Crippen LogP contribution >= 0.6 is 0 Å². The second-order valence-corrected chi connectivity index (χ2v) is 21.8. The zero-order valence-electron chi connectivity index (χ0n) is 39.8. The Kier molecular flexibility index (Phi) is 17.1. The number of nitrogen functional groups attached to an aromatic ring is 1.